The molecule has 1 aromatic heterocycles. The molecular formula is C15H16F3N3O. The van der Waals surface area contributed by atoms with Gasteiger partial charge in [0.15, 0.2) is 5.82 Å². The van der Waals surface area contributed by atoms with Crippen LogP contribution in [0.2, 0.25) is 0 Å². The number of alkyl halides is 3. The van der Waals surface area contributed by atoms with Crippen molar-refractivity contribution in [1.82, 2.24) is 14.8 Å². The Morgan fingerprint density at radius 1 is 1.27 bits per heavy atom. The van der Waals surface area contributed by atoms with Crippen LogP contribution in [0.5, 0.6) is 0 Å². The normalized spacial score (nSPS) is 18.3. The lowest BCUT2D eigenvalue weighted by Gasteiger charge is -2.19. The van der Waals surface area contributed by atoms with Crippen LogP contribution >= 0.6 is 0 Å². The highest BCUT2D eigenvalue weighted by Gasteiger charge is 2.33. The Kier molecular flexibility index (Phi) is 3.90. The van der Waals surface area contributed by atoms with Crippen molar-refractivity contribution in [2.75, 3.05) is 6.61 Å². The largest absolute Gasteiger partial charge is 0.416 e. The fourth-order valence-corrected chi connectivity index (χ4v) is 2.86. The molecule has 0 amide bonds. The minimum absolute atomic E-state index is 0.0166. The van der Waals surface area contributed by atoms with E-state index in [0.29, 0.717) is 18.2 Å². The smallest absolute Gasteiger partial charge is 0.396 e. The fourth-order valence-electron chi connectivity index (χ4n) is 2.86. The highest BCUT2D eigenvalue weighted by Crippen LogP contribution is 2.33. The number of aliphatic hydroxyl groups is 1. The molecule has 0 radical (unpaired) electrons. The SMILES string of the molecule is OCC1CCCn2nc(Cc3ccccc3C(F)(F)F)nc21. The van der Waals surface area contributed by atoms with Gasteiger partial charge in [-0.25, -0.2) is 9.67 Å². The summed E-state index contributed by atoms with van der Waals surface area (Å²) in [6.45, 7) is 0.678. The first-order valence-corrected chi connectivity index (χ1v) is 7.18. The van der Waals surface area contributed by atoms with E-state index in [1.54, 1.807) is 10.7 Å². The molecule has 1 aromatic carbocycles. The Bertz CT molecular complexity index is 666. The summed E-state index contributed by atoms with van der Waals surface area (Å²) in [7, 11) is 0. The Hall–Kier alpha value is -1.89. The Morgan fingerprint density at radius 2 is 2.05 bits per heavy atom. The van der Waals surface area contributed by atoms with E-state index < -0.39 is 11.7 Å². The van der Waals surface area contributed by atoms with Gasteiger partial charge in [-0.2, -0.15) is 18.3 Å². The Morgan fingerprint density at radius 3 is 2.77 bits per heavy atom. The number of hydrogen-bond donors (Lipinski definition) is 1. The van der Waals surface area contributed by atoms with E-state index >= 15 is 0 Å². The van der Waals surface area contributed by atoms with Crippen molar-refractivity contribution in [3.8, 4) is 0 Å². The number of benzene rings is 1. The topological polar surface area (TPSA) is 50.9 Å². The number of aliphatic hydroxyl groups excluding tert-OH is 1. The van der Waals surface area contributed by atoms with Gasteiger partial charge < -0.3 is 5.11 Å². The van der Waals surface area contributed by atoms with E-state index in [0.717, 1.165) is 18.9 Å². The highest BCUT2D eigenvalue weighted by atomic mass is 19.4. The van der Waals surface area contributed by atoms with Gasteiger partial charge in [-0.3, -0.25) is 0 Å². The fraction of sp³-hybridized carbons (Fsp3) is 0.467. The van der Waals surface area contributed by atoms with Gasteiger partial charge in [0.2, 0.25) is 0 Å². The molecule has 0 bridgehead atoms. The van der Waals surface area contributed by atoms with Crippen LogP contribution in [0, 0.1) is 0 Å². The third-order valence-corrected chi connectivity index (χ3v) is 3.92. The molecule has 3 rings (SSSR count). The summed E-state index contributed by atoms with van der Waals surface area (Å²) in [5.74, 6) is 0.966. The van der Waals surface area contributed by atoms with E-state index in [-0.39, 0.29) is 24.5 Å². The van der Waals surface area contributed by atoms with Crippen LogP contribution in [0.25, 0.3) is 0 Å². The van der Waals surface area contributed by atoms with Gasteiger partial charge in [0.05, 0.1) is 12.2 Å². The van der Waals surface area contributed by atoms with E-state index in [9.17, 15) is 18.3 Å². The van der Waals surface area contributed by atoms with Crippen molar-refractivity contribution in [2.24, 2.45) is 0 Å². The molecule has 7 heteroatoms. The highest BCUT2D eigenvalue weighted by molar-refractivity contribution is 5.32. The van der Waals surface area contributed by atoms with Crippen LogP contribution in [0.4, 0.5) is 13.2 Å². The minimum Gasteiger partial charge on any atom is -0.396 e. The maximum Gasteiger partial charge on any atom is 0.416 e. The van der Waals surface area contributed by atoms with E-state index in [4.69, 9.17) is 0 Å². The first kappa shape index (κ1) is 15.0. The predicted octanol–water partition coefficient (Wildman–Crippen LogP) is 2.76. The molecule has 1 atom stereocenters. The molecule has 1 N–H and O–H groups in total. The molecule has 1 unspecified atom stereocenters. The summed E-state index contributed by atoms with van der Waals surface area (Å²) in [6, 6.07) is 5.48. The zero-order valence-electron chi connectivity index (χ0n) is 11.8. The molecule has 4 nitrogen and oxygen atoms in total. The molecule has 0 fully saturated rings. The molecule has 0 spiro atoms. The lowest BCUT2D eigenvalue weighted by atomic mass is 10.0. The van der Waals surface area contributed by atoms with Gasteiger partial charge in [-0.15, -0.1) is 0 Å². The summed E-state index contributed by atoms with van der Waals surface area (Å²) in [4.78, 5) is 4.35. The van der Waals surface area contributed by atoms with Crippen molar-refractivity contribution in [2.45, 2.75) is 37.9 Å². The lowest BCUT2D eigenvalue weighted by molar-refractivity contribution is -0.138. The van der Waals surface area contributed by atoms with Crippen LogP contribution in [-0.2, 0) is 19.1 Å². The number of nitrogens with zero attached hydrogens (tertiary/aromatic N) is 3. The Labute approximate surface area is 125 Å². The van der Waals surface area contributed by atoms with Gasteiger partial charge in [0, 0.05) is 18.9 Å². The summed E-state index contributed by atoms with van der Waals surface area (Å²) >= 11 is 0. The van der Waals surface area contributed by atoms with Crippen LogP contribution < -0.4 is 0 Å². The lowest BCUT2D eigenvalue weighted by Crippen LogP contribution is -2.19. The quantitative estimate of drug-likeness (QED) is 0.948. The molecule has 2 aromatic rings. The average molecular weight is 311 g/mol. The van der Waals surface area contributed by atoms with Gasteiger partial charge in [0.25, 0.3) is 0 Å². The summed E-state index contributed by atoms with van der Waals surface area (Å²) < 4.78 is 40.8. The van der Waals surface area contributed by atoms with Gasteiger partial charge in [0.1, 0.15) is 5.82 Å². The van der Waals surface area contributed by atoms with Crippen molar-refractivity contribution in [3.63, 3.8) is 0 Å². The van der Waals surface area contributed by atoms with Crippen molar-refractivity contribution < 1.29 is 18.3 Å². The zero-order valence-corrected chi connectivity index (χ0v) is 11.8. The number of halogens is 3. The molecule has 0 aliphatic carbocycles. The zero-order chi connectivity index (χ0) is 15.7. The standard InChI is InChI=1S/C15H16F3N3O/c16-15(17,18)12-6-2-1-4-10(12)8-13-19-14-11(9-22)5-3-7-21(14)20-13/h1-2,4,6,11,22H,3,5,7-9H2. The average Bonchev–Trinajstić information content (AvgIpc) is 2.88. The second kappa shape index (κ2) is 5.72. The number of aryl methyl sites for hydroxylation is 1. The molecule has 118 valence electrons. The number of fused-ring (bicyclic) bond motifs is 1. The second-order valence-electron chi connectivity index (χ2n) is 5.46. The van der Waals surface area contributed by atoms with Gasteiger partial charge >= 0.3 is 6.18 Å². The van der Waals surface area contributed by atoms with Crippen molar-refractivity contribution >= 4 is 0 Å². The van der Waals surface area contributed by atoms with Crippen LogP contribution in [0.15, 0.2) is 24.3 Å². The third-order valence-electron chi connectivity index (χ3n) is 3.92. The molecule has 0 saturated heterocycles. The monoisotopic (exact) mass is 311 g/mol. The van der Waals surface area contributed by atoms with E-state index in [1.807, 2.05) is 0 Å². The second-order valence-corrected chi connectivity index (χ2v) is 5.46. The van der Waals surface area contributed by atoms with Crippen molar-refractivity contribution in [1.29, 1.82) is 0 Å². The maximum atomic E-state index is 13.0. The minimum atomic E-state index is -4.39. The summed E-state index contributed by atoms with van der Waals surface area (Å²) in [5.41, 5.74) is -0.486. The van der Waals surface area contributed by atoms with E-state index in [2.05, 4.69) is 10.1 Å². The molecule has 22 heavy (non-hydrogen) atoms. The number of hydrogen-bond acceptors (Lipinski definition) is 3. The molecule has 0 saturated carbocycles. The summed E-state index contributed by atoms with van der Waals surface area (Å²) in [5, 5.41) is 13.7. The summed E-state index contributed by atoms with van der Waals surface area (Å²) in [6.07, 6.45) is -2.63. The Balaban J connectivity index is 1.91. The van der Waals surface area contributed by atoms with Gasteiger partial charge in [-0.05, 0) is 24.5 Å². The number of rotatable bonds is 3. The molecular weight excluding hydrogens is 295 g/mol. The van der Waals surface area contributed by atoms with Crippen molar-refractivity contribution in [3.05, 3.63) is 47.0 Å². The molecule has 1 aliphatic heterocycles. The molecule has 1 aliphatic rings. The van der Waals surface area contributed by atoms with Gasteiger partial charge in [-0.1, -0.05) is 18.2 Å². The number of aromatic nitrogens is 3. The van der Waals surface area contributed by atoms with Crippen LogP contribution in [-0.4, -0.2) is 26.5 Å². The first-order chi connectivity index (χ1) is 10.5. The van der Waals surface area contributed by atoms with E-state index in [1.165, 1.54) is 12.1 Å². The maximum absolute atomic E-state index is 13.0. The van der Waals surface area contributed by atoms with Crippen LogP contribution in [0.3, 0.4) is 0 Å². The van der Waals surface area contributed by atoms with Crippen LogP contribution in [0.1, 0.15) is 41.5 Å². The third kappa shape index (κ3) is 2.85. The molecule has 2 heterocycles. The predicted molar refractivity (Wildman–Crippen MR) is 73.3 cm³/mol. The first-order valence-electron chi connectivity index (χ1n) is 7.18.